The number of nitrogens with two attached hydrogens (primary N) is 1. The summed E-state index contributed by atoms with van der Waals surface area (Å²) < 4.78 is 1.93. The monoisotopic (exact) mass is 345 g/mol. The molecule has 3 nitrogen and oxygen atoms in total. The molecule has 1 unspecified atom stereocenters. The molecule has 1 aromatic heterocycles. The summed E-state index contributed by atoms with van der Waals surface area (Å²) in [6, 6.07) is 13.4. The molecule has 23 heavy (non-hydrogen) atoms. The molecule has 1 atom stereocenters. The molecule has 0 radical (unpaired) electrons. The average Bonchev–Trinajstić information content (AvgIpc) is 2.96. The summed E-state index contributed by atoms with van der Waals surface area (Å²) >= 11 is 12.2. The van der Waals surface area contributed by atoms with Gasteiger partial charge in [0.25, 0.3) is 0 Å². The van der Waals surface area contributed by atoms with Gasteiger partial charge in [0, 0.05) is 17.1 Å². The van der Waals surface area contributed by atoms with Gasteiger partial charge in [0.15, 0.2) is 0 Å². The lowest BCUT2D eigenvalue weighted by atomic mass is 9.80. The van der Waals surface area contributed by atoms with Crippen molar-refractivity contribution in [3.63, 3.8) is 0 Å². The maximum absolute atomic E-state index is 6.93. The van der Waals surface area contributed by atoms with Crippen LogP contribution in [-0.2, 0) is 12.6 Å². The van der Waals surface area contributed by atoms with Gasteiger partial charge in [-0.05, 0) is 41.8 Å². The van der Waals surface area contributed by atoms with Crippen LogP contribution < -0.4 is 5.73 Å². The molecule has 0 bridgehead atoms. The van der Waals surface area contributed by atoms with Crippen LogP contribution in [0.25, 0.3) is 0 Å². The predicted octanol–water partition coefficient (Wildman–Crippen LogP) is 4.29. The Kier molecular flexibility index (Phi) is 4.19. The summed E-state index contributed by atoms with van der Waals surface area (Å²) in [5.74, 6) is 0. The van der Waals surface area contributed by atoms with Crippen molar-refractivity contribution in [2.24, 2.45) is 12.8 Å². The van der Waals surface area contributed by atoms with Crippen LogP contribution in [0.4, 0.5) is 0 Å². The minimum Gasteiger partial charge on any atom is -0.336 e. The van der Waals surface area contributed by atoms with Crippen LogP contribution in [0.15, 0.2) is 55.0 Å². The molecular formula is C18H17Cl2N3. The second-order valence-electron chi connectivity index (χ2n) is 5.67. The molecule has 0 aliphatic heterocycles. The van der Waals surface area contributed by atoms with Crippen molar-refractivity contribution in [3.8, 4) is 0 Å². The maximum atomic E-state index is 6.93. The average molecular weight is 346 g/mol. The molecule has 0 fully saturated rings. The van der Waals surface area contributed by atoms with Crippen molar-refractivity contribution in [1.82, 2.24) is 9.55 Å². The molecule has 5 heteroatoms. The highest BCUT2D eigenvalue weighted by molar-refractivity contribution is 6.31. The Bertz CT molecular complexity index is 840. The molecule has 0 saturated carbocycles. The van der Waals surface area contributed by atoms with Crippen LogP contribution in [0.5, 0.6) is 0 Å². The zero-order valence-corrected chi connectivity index (χ0v) is 14.4. The van der Waals surface area contributed by atoms with Gasteiger partial charge in [-0.1, -0.05) is 47.5 Å². The van der Waals surface area contributed by atoms with Crippen molar-refractivity contribution < 1.29 is 0 Å². The standard InChI is InChI=1S/C18H17Cl2N3/c1-12-9-14(5-8-16(12)20)18(21,17-10-22-11-23(17)2)13-3-6-15(19)7-4-13/h3-11H,21H2,1-2H3. The largest absolute Gasteiger partial charge is 0.336 e. The van der Waals surface area contributed by atoms with Gasteiger partial charge in [0.05, 0.1) is 18.2 Å². The Morgan fingerprint density at radius 1 is 1.04 bits per heavy atom. The van der Waals surface area contributed by atoms with E-state index in [4.69, 9.17) is 28.9 Å². The molecular weight excluding hydrogens is 329 g/mol. The zero-order valence-electron chi connectivity index (χ0n) is 12.9. The SMILES string of the molecule is Cc1cc(C(N)(c2ccc(Cl)cc2)c2cncn2C)ccc1Cl. The van der Waals surface area contributed by atoms with E-state index in [0.29, 0.717) is 5.02 Å². The summed E-state index contributed by atoms with van der Waals surface area (Å²) in [5.41, 5.74) is 9.85. The van der Waals surface area contributed by atoms with Crippen LogP contribution >= 0.6 is 23.2 Å². The molecule has 118 valence electrons. The number of hydrogen-bond donors (Lipinski definition) is 1. The smallest absolute Gasteiger partial charge is 0.109 e. The van der Waals surface area contributed by atoms with Crippen LogP contribution in [0.1, 0.15) is 22.4 Å². The Hall–Kier alpha value is -1.81. The Morgan fingerprint density at radius 3 is 2.26 bits per heavy atom. The number of aryl methyl sites for hydroxylation is 2. The highest BCUT2D eigenvalue weighted by Gasteiger charge is 2.34. The van der Waals surface area contributed by atoms with Crippen molar-refractivity contribution in [2.75, 3.05) is 0 Å². The summed E-state index contributed by atoms with van der Waals surface area (Å²) in [5, 5.41) is 1.39. The third-order valence-corrected chi connectivity index (χ3v) is 4.81. The first-order valence-corrected chi connectivity index (χ1v) is 7.97. The van der Waals surface area contributed by atoms with E-state index in [9.17, 15) is 0 Å². The Morgan fingerprint density at radius 2 is 1.70 bits per heavy atom. The van der Waals surface area contributed by atoms with Gasteiger partial charge in [-0.15, -0.1) is 0 Å². The normalized spacial score (nSPS) is 13.8. The van der Waals surface area contributed by atoms with Crippen LogP contribution in [0.2, 0.25) is 10.0 Å². The summed E-state index contributed by atoms with van der Waals surface area (Å²) in [6.45, 7) is 1.97. The van der Waals surface area contributed by atoms with Crippen LogP contribution in [0.3, 0.4) is 0 Å². The van der Waals surface area contributed by atoms with Gasteiger partial charge in [0.1, 0.15) is 5.54 Å². The predicted molar refractivity (Wildman–Crippen MR) is 94.9 cm³/mol. The molecule has 3 aromatic rings. The van der Waals surface area contributed by atoms with Crippen molar-refractivity contribution in [3.05, 3.63) is 87.4 Å². The van der Waals surface area contributed by atoms with Crippen molar-refractivity contribution in [1.29, 1.82) is 0 Å². The molecule has 0 aliphatic carbocycles. The molecule has 2 aromatic carbocycles. The highest BCUT2D eigenvalue weighted by Crippen LogP contribution is 2.35. The van der Waals surface area contributed by atoms with E-state index in [-0.39, 0.29) is 0 Å². The molecule has 0 amide bonds. The van der Waals surface area contributed by atoms with Gasteiger partial charge in [-0.2, -0.15) is 0 Å². The molecule has 0 spiro atoms. The molecule has 2 N–H and O–H groups in total. The molecule has 0 saturated heterocycles. The minimum absolute atomic E-state index is 0.674. The number of imidazole rings is 1. The minimum atomic E-state index is -0.842. The Labute approximate surface area is 145 Å². The van der Waals surface area contributed by atoms with Gasteiger partial charge in [-0.3, -0.25) is 0 Å². The quantitative estimate of drug-likeness (QED) is 0.769. The third kappa shape index (κ3) is 2.76. The van der Waals surface area contributed by atoms with E-state index >= 15 is 0 Å². The van der Waals surface area contributed by atoms with Gasteiger partial charge >= 0.3 is 0 Å². The number of rotatable bonds is 3. The van der Waals surface area contributed by atoms with Crippen LogP contribution in [0, 0.1) is 6.92 Å². The summed E-state index contributed by atoms with van der Waals surface area (Å²) in [4.78, 5) is 4.23. The first-order chi connectivity index (χ1) is 10.9. The van der Waals surface area contributed by atoms with E-state index in [1.807, 2.05) is 61.0 Å². The lowest BCUT2D eigenvalue weighted by Gasteiger charge is -2.31. The first-order valence-electron chi connectivity index (χ1n) is 7.21. The van der Waals surface area contributed by atoms with Crippen molar-refractivity contribution >= 4 is 23.2 Å². The van der Waals surface area contributed by atoms with E-state index in [1.165, 1.54) is 0 Å². The topological polar surface area (TPSA) is 43.8 Å². The highest BCUT2D eigenvalue weighted by atomic mass is 35.5. The fraction of sp³-hybridized carbons (Fsp3) is 0.167. The lowest BCUT2D eigenvalue weighted by Crippen LogP contribution is -2.41. The fourth-order valence-corrected chi connectivity index (χ4v) is 3.05. The second kappa shape index (κ2) is 6.00. The van der Waals surface area contributed by atoms with Gasteiger partial charge in [0.2, 0.25) is 0 Å². The molecule has 3 rings (SSSR count). The van der Waals surface area contributed by atoms with E-state index in [0.717, 1.165) is 27.4 Å². The number of hydrogen-bond acceptors (Lipinski definition) is 2. The first kappa shape index (κ1) is 16.1. The maximum Gasteiger partial charge on any atom is 0.109 e. The number of nitrogens with zero attached hydrogens (tertiary/aromatic N) is 2. The Balaban J connectivity index is 2.27. The number of halogens is 2. The van der Waals surface area contributed by atoms with Crippen molar-refractivity contribution in [2.45, 2.75) is 12.5 Å². The van der Waals surface area contributed by atoms with Gasteiger partial charge in [-0.25, -0.2) is 4.98 Å². The second-order valence-corrected chi connectivity index (χ2v) is 6.51. The van der Waals surface area contributed by atoms with E-state index in [1.54, 1.807) is 12.5 Å². The third-order valence-electron chi connectivity index (χ3n) is 4.13. The molecule has 1 heterocycles. The van der Waals surface area contributed by atoms with Crippen LogP contribution in [-0.4, -0.2) is 9.55 Å². The summed E-state index contributed by atoms with van der Waals surface area (Å²) in [7, 11) is 1.93. The van der Waals surface area contributed by atoms with E-state index < -0.39 is 5.54 Å². The zero-order chi connectivity index (χ0) is 16.6. The summed E-state index contributed by atoms with van der Waals surface area (Å²) in [6.07, 6.45) is 3.54. The van der Waals surface area contributed by atoms with Gasteiger partial charge < -0.3 is 10.3 Å². The molecule has 0 aliphatic rings. The lowest BCUT2D eigenvalue weighted by molar-refractivity contribution is 0.595. The number of benzene rings is 2. The van der Waals surface area contributed by atoms with E-state index in [2.05, 4.69) is 4.98 Å². The number of aromatic nitrogens is 2. The fourth-order valence-electron chi connectivity index (χ4n) is 2.80.